The van der Waals surface area contributed by atoms with E-state index in [1.54, 1.807) is 16.8 Å². The van der Waals surface area contributed by atoms with Crippen LogP contribution >= 0.6 is 57.4 Å². The summed E-state index contributed by atoms with van der Waals surface area (Å²) in [6, 6.07) is 3.54. The number of aromatic nitrogens is 3. The minimum Gasteiger partial charge on any atom is -0.247 e. The van der Waals surface area contributed by atoms with Crippen LogP contribution in [0.2, 0.25) is 15.1 Å². The largest absolute Gasteiger partial charge is 0.247 e. The van der Waals surface area contributed by atoms with E-state index >= 15 is 0 Å². The molecule has 0 amide bonds. The van der Waals surface area contributed by atoms with Gasteiger partial charge in [0.2, 0.25) is 0 Å². The molecule has 7 heteroatoms. The van der Waals surface area contributed by atoms with Crippen molar-refractivity contribution in [1.82, 2.24) is 15.0 Å². The molecule has 1 aromatic heterocycles. The van der Waals surface area contributed by atoms with Crippen molar-refractivity contribution in [1.29, 1.82) is 0 Å². The Morgan fingerprint density at radius 3 is 2.31 bits per heavy atom. The average Bonchev–Trinajstić information content (AvgIpc) is 2.60. The van der Waals surface area contributed by atoms with Crippen molar-refractivity contribution < 1.29 is 0 Å². The predicted molar refractivity (Wildman–Crippen MR) is 73.3 cm³/mol. The van der Waals surface area contributed by atoms with E-state index in [0.29, 0.717) is 21.6 Å². The van der Waals surface area contributed by atoms with E-state index in [1.807, 2.05) is 6.20 Å². The van der Waals surface area contributed by atoms with Crippen LogP contribution in [-0.2, 0) is 6.54 Å². The molecule has 0 N–H and O–H groups in total. The first kappa shape index (κ1) is 12.4. The monoisotopic (exact) mass is 387 g/mol. The molecule has 0 aliphatic heterocycles. The van der Waals surface area contributed by atoms with Gasteiger partial charge in [0.15, 0.2) is 0 Å². The van der Waals surface area contributed by atoms with Crippen LogP contribution in [0.4, 0.5) is 0 Å². The van der Waals surface area contributed by atoms with E-state index in [-0.39, 0.29) is 0 Å². The molecule has 0 unspecified atom stereocenters. The highest BCUT2D eigenvalue weighted by Gasteiger charge is 2.07. The molecule has 2 rings (SSSR count). The molecule has 84 valence electrons. The first-order valence-corrected chi connectivity index (χ1v) is 6.46. The van der Waals surface area contributed by atoms with E-state index < -0.39 is 0 Å². The second-order valence-electron chi connectivity index (χ2n) is 3.11. The first-order chi connectivity index (χ1) is 7.56. The van der Waals surface area contributed by atoms with Crippen LogP contribution < -0.4 is 0 Å². The Morgan fingerprint density at radius 2 is 1.81 bits per heavy atom. The summed E-state index contributed by atoms with van der Waals surface area (Å²) < 4.78 is 2.54. The van der Waals surface area contributed by atoms with Crippen molar-refractivity contribution in [3.05, 3.63) is 42.7 Å². The summed E-state index contributed by atoms with van der Waals surface area (Å²) >= 11 is 19.8. The van der Waals surface area contributed by atoms with Crippen molar-refractivity contribution in [3.8, 4) is 0 Å². The number of hydrogen-bond donors (Lipinski definition) is 0. The van der Waals surface area contributed by atoms with Crippen molar-refractivity contribution >= 4 is 57.4 Å². The fourth-order valence-electron chi connectivity index (χ4n) is 1.24. The van der Waals surface area contributed by atoms with Crippen molar-refractivity contribution in [2.45, 2.75) is 6.54 Å². The molecule has 0 saturated heterocycles. The highest BCUT2D eigenvalue weighted by Crippen LogP contribution is 2.31. The minimum atomic E-state index is 0.375. The zero-order valence-electron chi connectivity index (χ0n) is 7.79. The molecule has 0 saturated carbocycles. The summed E-state index contributed by atoms with van der Waals surface area (Å²) in [4.78, 5) is 0. The van der Waals surface area contributed by atoms with Gasteiger partial charge in [-0.15, -0.1) is 5.10 Å². The molecular formula is C9H5Cl3IN3. The summed E-state index contributed by atoms with van der Waals surface area (Å²) in [6.45, 7) is 0.562. The van der Waals surface area contributed by atoms with Crippen molar-refractivity contribution in [2.24, 2.45) is 0 Å². The molecule has 0 aliphatic carbocycles. The average molecular weight is 388 g/mol. The maximum absolute atomic E-state index is 5.93. The van der Waals surface area contributed by atoms with Crippen LogP contribution in [0.25, 0.3) is 0 Å². The van der Waals surface area contributed by atoms with E-state index in [4.69, 9.17) is 34.8 Å². The minimum absolute atomic E-state index is 0.375. The smallest absolute Gasteiger partial charge is 0.143 e. The van der Waals surface area contributed by atoms with Crippen molar-refractivity contribution in [3.63, 3.8) is 0 Å². The Bertz CT molecular complexity index is 503. The van der Waals surface area contributed by atoms with Gasteiger partial charge in [-0.1, -0.05) is 40.0 Å². The quantitative estimate of drug-likeness (QED) is 0.577. The van der Waals surface area contributed by atoms with Gasteiger partial charge in [-0.3, -0.25) is 0 Å². The lowest BCUT2D eigenvalue weighted by atomic mass is 10.2. The zero-order chi connectivity index (χ0) is 11.7. The van der Waals surface area contributed by atoms with Gasteiger partial charge in [0.1, 0.15) is 3.70 Å². The van der Waals surface area contributed by atoms with Crippen LogP contribution in [0.3, 0.4) is 0 Å². The predicted octanol–water partition coefficient (Wildman–Crippen LogP) is 3.89. The van der Waals surface area contributed by atoms with Gasteiger partial charge in [0.25, 0.3) is 0 Å². The third-order valence-electron chi connectivity index (χ3n) is 1.90. The molecule has 2 aromatic rings. The van der Waals surface area contributed by atoms with E-state index in [2.05, 4.69) is 32.9 Å². The third kappa shape index (κ3) is 2.80. The van der Waals surface area contributed by atoms with Gasteiger partial charge >= 0.3 is 0 Å². The van der Waals surface area contributed by atoms with Crippen LogP contribution in [-0.4, -0.2) is 15.0 Å². The first-order valence-electron chi connectivity index (χ1n) is 4.25. The lowest BCUT2D eigenvalue weighted by molar-refractivity contribution is 0.649. The summed E-state index contributed by atoms with van der Waals surface area (Å²) in [5.41, 5.74) is 0.931. The molecule has 3 nitrogen and oxygen atoms in total. The SMILES string of the molecule is Clc1cc(Cn2cc(I)nn2)cc(Cl)c1Cl. The lowest BCUT2D eigenvalue weighted by Crippen LogP contribution is -2.00. The Hall–Kier alpha value is -0.0400. The second kappa shape index (κ2) is 5.08. The molecule has 0 fully saturated rings. The van der Waals surface area contributed by atoms with Crippen LogP contribution in [0.15, 0.2) is 18.3 Å². The maximum Gasteiger partial charge on any atom is 0.143 e. The fraction of sp³-hybridized carbons (Fsp3) is 0.111. The Kier molecular flexibility index (Phi) is 3.94. The van der Waals surface area contributed by atoms with E-state index in [9.17, 15) is 0 Å². The van der Waals surface area contributed by atoms with Crippen LogP contribution in [0.1, 0.15) is 5.56 Å². The summed E-state index contributed by atoms with van der Waals surface area (Å²) in [5.74, 6) is 0. The maximum atomic E-state index is 5.93. The van der Waals surface area contributed by atoms with Crippen LogP contribution in [0, 0.1) is 3.70 Å². The summed E-state index contributed by atoms with van der Waals surface area (Å²) in [6.07, 6.45) is 1.83. The Labute approximate surface area is 121 Å². The molecule has 0 bridgehead atoms. The molecule has 1 heterocycles. The fourth-order valence-corrected chi connectivity index (χ4v) is 2.30. The number of rotatable bonds is 2. The molecule has 0 spiro atoms. The number of nitrogens with zero attached hydrogens (tertiary/aromatic N) is 3. The van der Waals surface area contributed by atoms with Gasteiger partial charge in [-0.05, 0) is 40.3 Å². The summed E-state index contributed by atoms with van der Waals surface area (Å²) in [5, 5.41) is 9.08. The van der Waals surface area contributed by atoms with Gasteiger partial charge in [0, 0.05) is 0 Å². The molecular weight excluding hydrogens is 383 g/mol. The number of benzene rings is 1. The van der Waals surface area contributed by atoms with E-state index in [0.717, 1.165) is 9.26 Å². The second-order valence-corrected chi connectivity index (χ2v) is 5.41. The Balaban J connectivity index is 2.28. The highest BCUT2D eigenvalue weighted by atomic mass is 127. The molecule has 0 radical (unpaired) electrons. The Morgan fingerprint density at radius 1 is 1.19 bits per heavy atom. The van der Waals surface area contributed by atoms with Gasteiger partial charge in [-0.25, -0.2) is 4.68 Å². The third-order valence-corrected chi connectivity index (χ3v) is 3.59. The highest BCUT2D eigenvalue weighted by molar-refractivity contribution is 14.1. The van der Waals surface area contributed by atoms with E-state index in [1.165, 1.54) is 0 Å². The van der Waals surface area contributed by atoms with Gasteiger partial charge in [0.05, 0.1) is 27.8 Å². The molecule has 1 aromatic carbocycles. The van der Waals surface area contributed by atoms with Crippen molar-refractivity contribution in [2.75, 3.05) is 0 Å². The topological polar surface area (TPSA) is 30.7 Å². The summed E-state index contributed by atoms with van der Waals surface area (Å²) in [7, 11) is 0. The molecule has 0 aliphatic rings. The zero-order valence-corrected chi connectivity index (χ0v) is 12.2. The van der Waals surface area contributed by atoms with Crippen LogP contribution in [0.5, 0.6) is 0 Å². The lowest BCUT2D eigenvalue weighted by Gasteiger charge is -2.04. The number of halogens is 4. The standard InChI is InChI=1S/C9H5Cl3IN3/c10-6-1-5(2-7(11)9(6)12)3-16-4-8(13)14-15-16/h1-2,4H,3H2. The number of hydrogen-bond acceptors (Lipinski definition) is 2. The molecule has 16 heavy (non-hydrogen) atoms. The van der Waals surface area contributed by atoms with Gasteiger partial charge in [-0.2, -0.15) is 0 Å². The van der Waals surface area contributed by atoms with Gasteiger partial charge < -0.3 is 0 Å². The normalized spacial score (nSPS) is 10.8. The molecule has 0 atom stereocenters.